The van der Waals surface area contributed by atoms with E-state index in [0.717, 1.165) is 24.8 Å². The van der Waals surface area contributed by atoms with Crippen molar-refractivity contribution in [2.75, 3.05) is 6.54 Å². The van der Waals surface area contributed by atoms with Gasteiger partial charge in [0.2, 0.25) is 0 Å². The maximum Gasteiger partial charge on any atom is 0.332 e. The molecule has 124 valence electrons. The summed E-state index contributed by atoms with van der Waals surface area (Å²) in [5.74, 6) is -1.09. The maximum atomic E-state index is 12.8. The van der Waals surface area contributed by atoms with E-state index in [1.807, 2.05) is 29.2 Å². The number of carboxylic acids is 1. The number of amides is 1. The lowest BCUT2D eigenvalue weighted by atomic mass is 9.94. The van der Waals surface area contributed by atoms with Crippen LogP contribution in [0.25, 0.3) is 0 Å². The lowest BCUT2D eigenvalue weighted by molar-refractivity contribution is -0.156. The average molecular weight is 338 g/mol. The second-order valence-corrected chi connectivity index (χ2v) is 6.56. The Labute approximate surface area is 140 Å². The zero-order valence-corrected chi connectivity index (χ0v) is 13.5. The van der Waals surface area contributed by atoms with Crippen molar-refractivity contribution < 1.29 is 19.4 Å². The van der Waals surface area contributed by atoms with Crippen molar-refractivity contribution in [3.05, 3.63) is 34.9 Å². The van der Waals surface area contributed by atoms with Crippen LogP contribution in [0.3, 0.4) is 0 Å². The summed E-state index contributed by atoms with van der Waals surface area (Å²) in [4.78, 5) is 25.7. The van der Waals surface area contributed by atoms with Crippen LogP contribution in [0.1, 0.15) is 43.7 Å². The number of ether oxygens (including phenoxy) is 1. The van der Waals surface area contributed by atoms with Gasteiger partial charge in [0.25, 0.3) is 5.91 Å². The van der Waals surface area contributed by atoms with Crippen LogP contribution in [0.4, 0.5) is 0 Å². The zero-order chi connectivity index (χ0) is 16.4. The molecule has 2 aliphatic rings. The summed E-state index contributed by atoms with van der Waals surface area (Å²) < 4.78 is 5.43. The fraction of sp³-hybridized carbons (Fsp3) is 0.529. The minimum absolute atomic E-state index is 0.0116. The molecule has 3 atom stereocenters. The second-order valence-electron chi connectivity index (χ2n) is 6.13. The second kappa shape index (κ2) is 6.89. The predicted octanol–water partition coefficient (Wildman–Crippen LogP) is 3.03. The van der Waals surface area contributed by atoms with Gasteiger partial charge in [-0.15, -0.1) is 0 Å². The van der Waals surface area contributed by atoms with Gasteiger partial charge in [-0.2, -0.15) is 0 Å². The Bertz CT molecular complexity index is 606. The molecule has 2 fully saturated rings. The Morgan fingerprint density at radius 2 is 1.96 bits per heavy atom. The molecule has 3 rings (SSSR count). The third-order valence-electron chi connectivity index (χ3n) is 4.59. The van der Waals surface area contributed by atoms with E-state index in [9.17, 15) is 9.59 Å². The van der Waals surface area contributed by atoms with E-state index in [2.05, 4.69) is 0 Å². The fourth-order valence-corrected chi connectivity index (χ4v) is 3.64. The van der Waals surface area contributed by atoms with Gasteiger partial charge in [0.15, 0.2) is 6.10 Å². The summed E-state index contributed by atoms with van der Waals surface area (Å²) in [5, 5.41) is 9.68. The molecule has 2 heterocycles. The zero-order valence-electron chi connectivity index (χ0n) is 12.8. The quantitative estimate of drug-likeness (QED) is 0.920. The van der Waals surface area contributed by atoms with Crippen molar-refractivity contribution in [3.8, 4) is 0 Å². The highest BCUT2D eigenvalue weighted by molar-refractivity contribution is 6.30. The lowest BCUT2D eigenvalue weighted by Crippen LogP contribution is -2.44. The number of carbonyl (C=O) groups is 2. The first-order chi connectivity index (χ1) is 11.1. The van der Waals surface area contributed by atoms with E-state index in [-0.39, 0.29) is 11.9 Å². The van der Waals surface area contributed by atoms with Crippen molar-refractivity contribution >= 4 is 23.5 Å². The van der Waals surface area contributed by atoms with Crippen molar-refractivity contribution in [1.29, 1.82) is 0 Å². The Balaban J connectivity index is 1.76. The molecule has 0 aliphatic carbocycles. The number of hydrogen-bond acceptors (Lipinski definition) is 3. The van der Waals surface area contributed by atoms with Gasteiger partial charge in [-0.3, -0.25) is 4.79 Å². The summed E-state index contributed by atoms with van der Waals surface area (Å²) in [6.45, 7) is 0.674. The number of nitrogens with zero attached hydrogens (tertiary/aromatic N) is 1. The molecule has 1 N–H and O–H groups in total. The molecule has 0 saturated carbocycles. The van der Waals surface area contributed by atoms with Crippen LogP contribution in [0, 0.1) is 0 Å². The van der Waals surface area contributed by atoms with Gasteiger partial charge in [0, 0.05) is 11.6 Å². The smallest absolute Gasteiger partial charge is 0.332 e. The minimum atomic E-state index is -0.995. The fourth-order valence-electron chi connectivity index (χ4n) is 3.44. The third kappa shape index (κ3) is 3.51. The number of rotatable bonds is 3. The van der Waals surface area contributed by atoms with Crippen LogP contribution in [0.5, 0.6) is 0 Å². The molecule has 23 heavy (non-hydrogen) atoms. The van der Waals surface area contributed by atoms with E-state index in [0.29, 0.717) is 24.4 Å². The van der Waals surface area contributed by atoms with E-state index in [4.69, 9.17) is 21.4 Å². The molecular weight excluding hydrogens is 318 g/mol. The van der Waals surface area contributed by atoms with Gasteiger partial charge in [0.1, 0.15) is 6.10 Å². The Kier molecular flexibility index (Phi) is 4.87. The van der Waals surface area contributed by atoms with E-state index in [1.54, 1.807) is 0 Å². The molecule has 2 aliphatic heterocycles. The Hall–Kier alpha value is -1.59. The van der Waals surface area contributed by atoms with Crippen LogP contribution in [-0.4, -0.2) is 40.6 Å². The number of benzene rings is 1. The number of carbonyl (C=O) groups excluding carboxylic acids is 1. The molecule has 6 heteroatoms. The topological polar surface area (TPSA) is 66.8 Å². The van der Waals surface area contributed by atoms with Gasteiger partial charge in [0.05, 0.1) is 6.04 Å². The molecule has 0 radical (unpaired) electrons. The van der Waals surface area contributed by atoms with Crippen LogP contribution in [-0.2, 0) is 14.3 Å². The van der Waals surface area contributed by atoms with Crippen LogP contribution < -0.4 is 0 Å². The lowest BCUT2D eigenvalue weighted by Gasteiger charge is -2.37. The highest BCUT2D eigenvalue weighted by Crippen LogP contribution is 2.34. The highest BCUT2D eigenvalue weighted by atomic mass is 35.5. The summed E-state index contributed by atoms with van der Waals surface area (Å²) in [6, 6.07) is 7.58. The van der Waals surface area contributed by atoms with Crippen molar-refractivity contribution in [2.24, 2.45) is 0 Å². The summed E-state index contributed by atoms with van der Waals surface area (Å²) in [7, 11) is 0. The number of likely N-dealkylation sites (tertiary alicyclic amines) is 1. The molecule has 1 amide bonds. The molecule has 2 saturated heterocycles. The highest BCUT2D eigenvalue weighted by Gasteiger charge is 2.39. The molecular formula is C17H20ClNO4. The Morgan fingerprint density at radius 3 is 2.65 bits per heavy atom. The van der Waals surface area contributed by atoms with Crippen LogP contribution in [0.15, 0.2) is 24.3 Å². The maximum absolute atomic E-state index is 12.8. The van der Waals surface area contributed by atoms with Gasteiger partial charge in [-0.05, 0) is 49.8 Å². The first kappa shape index (κ1) is 16.3. The third-order valence-corrected chi connectivity index (χ3v) is 4.82. The number of piperidine rings is 1. The summed E-state index contributed by atoms with van der Waals surface area (Å²) >= 11 is 6.08. The monoisotopic (exact) mass is 337 g/mol. The number of aliphatic carboxylic acids is 1. The van der Waals surface area contributed by atoms with Crippen LogP contribution in [0.2, 0.25) is 5.02 Å². The number of halogens is 1. The van der Waals surface area contributed by atoms with Gasteiger partial charge < -0.3 is 14.7 Å². The first-order valence-corrected chi connectivity index (χ1v) is 8.38. The number of hydrogen-bond donors (Lipinski definition) is 1. The SMILES string of the molecule is O=C(O)[C@H]1CC[C@@H](C(=O)N2CCCCC2c2cccc(Cl)c2)O1. The van der Waals surface area contributed by atoms with E-state index >= 15 is 0 Å². The average Bonchev–Trinajstić information content (AvgIpc) is 3.04. The van der Waals surface area contributed by atoms with Crippen molar-refractivity contribution in [1.82, 2.24) is 4.90 Å². The largest absolute Gasteiger partial charge is 0.479 e. The van der Waals surface area contributed by atoms with Gasteiger partial charge >= 0.3 is 5.97 Å². The van der Waals surface area contributed by atoms with Crippen molar-refractivity contribution in [2.45, 2.75) is 50.4 Å². The predicted molar refractivity (Wildman–Crippen MR) is 85.3 cm³/mol. The molecule has 0 bridgehead atoms. The first-order valence-electron chi connectivity index (χ1n) is 8.00. The minimum Gasteiger partial charge on any atom is -0.479 e. The number of carboxylic acid groups (broad SMARTS) is 1. The molecule has 0 aromatic heterocycles. The molecule has 1 aromatic rings. The molecule has 5 nitrogen and oxygen atoms in total. The molecule has 1 unspecified atom stereocenters. The van der Waals surface area contributed by atoms with Crippen molar-refractivity contribution in [3.63, 3.8) is 0 Å². The van der Waals surface area contributed by atoms with Gasteiger partial charge in [-0.25, -0.2) is 4.79 Å². The van der Waals surface area contributed by atoms with E-state index < -0.39 is 18.2 Å². The summed E-state index contributed by atoms with van der Waals surface area (Å²) in [5.41, 5.74) is 1.03. The van der Waals surface area contributed by atoms with Crippen LogP contribution >= 0.6 is 11.6 Å². The van der Waals surface area contributed by atoms with Gasteiger partial charge in [-0.1, -0.05) is 23.7 Å². The van der Waals surface area contributed by atoms with E-state index in [1.165, 1.54) is 0 Å². The molecule has 0 spiro atoms. The Morgan fingerprint density at radius 1 is 1.17 bits per heavy atom. The summed E-state index contributed by atoms with van der Waals surface area (Å²) in [6.07, 6.45) is 2.26. The normalized spacial score (nSPS) is 27.9. The molecule has 1 aromatic carbocycles. The standard InChI is InChI=1S/C17H20ClNO4/c18-12-5-3-4-11(10-12)13-6-1-2-9-19(13)16(20)14-7-8-15(23-14)17(21)22/h3-5,10,13-15H,1-2,6-9H2,(H,21,22)/t13?,14-,15+/m0/s1.